The Morgan fingerprint density at radius 1 is 1.00 bits per heavy atom. The molecule has 0 spiro atoms. The molecule has 0 aromatic heterocycles. The molecular weight excluding hydrogens is 390 g/mol. The fourth-order valence-corrected chi connectivity index (χ4v) is 2.59. The molecule has 20 heavy (non-hydrogen) atoms. The van der Waals surface area contributed by atoms with E-state index in [1.165, 1.54) is 4.90 Å². The van der Waals surface area contributed by atoms with Crippen molar-refractivity contribution >= 4 is 49.5 Å². The Morgan fingerprint density at radius 2 is 1.50 bits per heavy atom. The minimum Gasteiger partial charge on any atom is -0.299 e. The minimum absolute atomic E-state index is 0.248. The van der Waals surface area contributed by atoms with Crippen LogP contribution in [0, 0.1) is 5.41 Å². The van der Waals surface area contributed by atoms with Crippen molar-refractivity contribution in [2.75, 3.05) is 6.54 Å². The fraction of sp³-hybridized carbons (Fsp3) is 0.643. The predicted octanol–water partition coefficient (Wildman–Crippen LogP) is 3.53. The fourth-order valence-electron chi connectivity index (χ4n) is 1.83. The Labute approximate surface area is 136 Å². The number of nitrogens with zero attached hydrogens (tertiary/aromatic N) is 1. The van der Waals surface area contributed by atoms with Gasteiger partial charge in [0, 0.05) is 18.4 Å². The molecule has 6 heteroatoms. The van der Waals surface area contributed by atoms with E-state index in [2.05, 4.69) is 31.9 Å². The van der Waals surface area contributed by atoms with Crippen LogP contribution < -0.4 is 0 Å². The normalized spacial score (nSPS) is 16.4. The van der Waals surface area contributed by atoms with Gasteiger partial charge in [0.2, 0.25) is 0 Å². The van der Waals surface area contributed by atoms with E-state index in [-0.39, 0.29) is 32.0 Å². The first kappa shape index (κ1) is 17.6. The highest BCUT2D eigenvalue weighted by Gasteiger charge is 2.35. The van der Waals surface area contributed by atoms with Crippen molar-refractivity contribution in [2.45, 2.75) is 46.5 Å². The minimum atomic E-state index is -0.298. The van der Waals surface area contributed by atoms with Gasteiger partial charge in [0.25, 0.3) is 11.8 Å². The van der Waals surface area contributed by atoms with Crippen LogP contribution in [-0.2, 0) is 14.4 Å². The lowest BCUT2D eigenvalue weighted by molar-refractivity contribution is -0.137. The highest BCUT2D eigenvalue weighted by Crippen LogP contribution is 2.29. The summed E-state index contributed by atoms with van der Waals surface area (Å²) < 4.78 is 0.566. The van der Waals surface area contributed by atoms with Crippen molar-refractivity contribution in [1.29, 1.82) is 0 Å². The van der Waals surface area contributed by atoms with Crippen LogP contribution >= 0.6 is 31.9 Å². The summed E-state index contributed by atoms with van der Waals surface area (Å²) in [7, 11) is 0. The lowest BCUT2D eigenvalue weighted by Crippen LogP contribution is -2.32. The van der Waals surface area contributed by atoms with Crippen LogP contribution in [0.4, 0.5) is 0 Å². The van der Waals surface area contributed by atoms with Gasteiger partial charge >= 0.3 is 0 Å². The zero-order valence-corrected chi connectivity index (χ0v) is 15.1. The zero-order valence-electron chi connectivity index (χ0n) is 12.0. The van der Waals surface area contributed by atoms with E-state index in [9.17, 15) is 14.4 Å². The Bertz CT molecular complexity index is 440. The van der Waals surface area contributed by atoms with Crippen LogP contribution in [0.3, 0.4) is 0 Å². The van der Waals surface area contributed by atoms with Gasteiger partial charge in [-0.3, -0.25) is 19.3 Å². The maximum Gasteiger partial charge on any atom is 0.269 e. The molecule has 1 aliphatic heterocycles. The van der Waals surface area contributed by atoms with E-state index in [1.54, 1.807) is 0 Å². The number of ketones is 1. The summed E-state index contributed by atoms with van der Waals surface area (Å²) in [6.45, 7) is 6.14. The predicted molar refractivity (Wildman–Crippen MR) is 84.5 cm³/mol. The van der Waals surface area contributed by atoms with Crippen molar-refractivity contribution < 1.29 is 14.4 Å². The van der Waals surface area contributed by atoms with E-state index in [1.807, 2.05) is 20.8 Å². The van der Waals surface area contributed by atoms with Crippen molar-refractivity contribution in [2.24, 2.45) is 5.41 Å². The largest absolute Gasteiger partial charge is 0.299 e. The zero-order chi connectivity index (χ0) is 15.5. The molecular formula is C14H19Br2NO3. The first-order chi connectivity index (χ1) is 9.16. The molecule has 1 heterocycles. The third-order valence-corrected chi connectivity index (χ3v) is 5.18. The van der Waals surface area contributed by atoms with Crippen molar-refractivity contribution in [3.05, 3.63) is 8.96 Å². The smallest absolute Gasteiger partial charge is 0.269 e. The number of carbonyl (C=O) groups excluding carboxylic acids is 3. The molecule has 0 bridgehead atoms. The Kier molecular flexibility index (Phi) is 6.13. The van der Waals surface area contributed by atoms with Gasteiger partial charge in [-0.15, -0.1) is 0 Å². The van der Waals surface area contributed by atoms with E-state index < -0.39 is 0 Å². The van der Waals surface area contributed by atoms with Gasteiger partial charge in [0.1, 0.15) is 14.7 Å². The molecule has 112 valence electrons. The number of imide groups is 1. The molecule has 0 fully saturated rings. The highest BCUT2D eigenvalue weighted by atomic mass is 79.9. The summed E-state index contributed by atoms with van der Waals surface area (Å²) >= 11 is 6.18. The summed E-state index contributed by atoms with van der Waals surface area (Å²) in [5.74, 6) is -0.349. The third kappa shape index (κ3) is 4.25. The van der Waals surface area contributed by atoms with E-state index >= 15 is 0 Å². The summed E-state index contributed by atoms with van der Waals surface area (Å²) in [4.78, 5) is 36.4. The summed E-state index contributed by atoms with van der Waals surface area (Å²) in [6.07, 6.45) is 2.89. The van der Waals surface area contributed by atoms with Gasteiger partial charge in [-0.25, -0.2) is 0 Å². The molecule has 0 unspecified atom stereocenters. The average molecular weight is 409 g/mol. The second-order valence-corrected chi connectivity index (χ2v) is 7.46. The highest BCUT2D eigenvalue weighted by molar-refractivity contribution is 9.14. The van der Waals surface area contributed by atoms with Crippen LogP contribution in [0.15, 0.2) is 8.96 Å². The average Bonchev–Trinajstić information content (AvgIpc) is 2.54. The number of hydrogen-bond acceptors (Lipinski definition) is 3. The van der Waals surface area contributed by atoms with E-state index in [0.717, 1.165) is 19.3 Å². The van der Waals surface area contributed by atoms with Crippen LogP contribution in [0.5, 0.6) is 0 Å². The number of unbranched alkanes of at least 4 members (excludes halogenated alkanes) is 2. The van der Waals surface area contributed by atoms with Crippen molar-refractivity contribution in [3.63, 3.8) is 0 Å². The molecule has 0 saturated carbocycles. The van der Waals surface area contributed by atoms with Gasteiger partial charge < -0.3 is 0 Å². The number of hydrogen-bond donors (Lipinski definition) is 0. The first-order valence-electron chi connectivity index (χ1n) is 6.61. The SMILES string of the molecule is CC(C)(C)C(=O)CCCCCN1C(=O)C(Br)=C(Br)C1=O. The number of rotatable bonds is 6. The molecule has 0 aliphatic carbocycles. The number of halogens is 2. The third-order valence-electron chi connectivity index (χ3n) is 3.18. The molecule has 4 nitrogen and oxygen atoms in total. The second kappa shape index (κ2) is 6.98. The molecule has 0 aromatic carbocycles. The molecule has 1 rings (SSSR count). The van der Waals surface area contributed by atoms with Gasteiger partial charge in [-0.2, -0.15) is 0 Å². The summed E-state index contributed by atoms with van der Waals surface area (Å²) in [6, 6.07) is 0. The molecule has 0 saturated heterocycles. The Hall–Kier alpha value is -0.490. The Balaban J connectivity index is 2.29. The van der Waals surface area contributed by atoms with Crippen LogP contribution in [0.25, 0.3) is 0 Å². The van der Waals surface area contributed by atoms with Crippen LogP contribution in [0.1, 0.15) is 46.5 Å². The quantitative estimate of drug-likeness (QED) is 0.499. The maximum atomic E-state index is 11.7. The summed E-state index contributed by atoms with van der Waals surface area (Å²) in [5.41, 5.74) is -0.291. The monoisotopic (exact) mass is 407 g/mol. The Morgan fingerprint density at radius 3 is 1.95 bits per heavy atom. The van der Waals surface area contributed by atoms with Crippen molar-refractivity contribution in [3.8, 4) is 0 Å². The molecule has 0 atom stereocenters. The topological polar surface area (TPSA) is 54.5 Å². The van der Waals surface area contributed by atoms with Gasteiger partial charge in [0.05, 0.1) is 0 Å². The standard InChI is InChI=1S/C14H19Br2NO3/c1-14(2,3)9(18)7-5-4-6-8-17-12(19)10(15)11(16)13(17)20/h4-8H2,1-3H3. The van der Waals surface area contributed by atoms with Gasteiger partial charge in [0.15, 0.2) is 0 Å². The van der Waals surface area contributed by atoms with Crippen LogP contribution in [-0.4, -0.2) is 29.0 Å². The summed E-state index contributed by atoms with van der Waals surface area (Å²) in [5, 5.41) is 0. The molecule has 0 N–H and O–H groups in total. The molecule has 1 aliphatic rings. The number of Topliss-reactive ketones (excluding diaryl/α,β-unsaturated/α-hetero) is 1. The lowest BCUT2D eigenvalue weighted by atomic mass is 9.88. The van der Waals surface area contributed by atoms with E-state index in [0.29, 0.717) is 13.0 Å². The maximum absolute atomic E-state index is 11.7. The number of carbonyl (C=O) groups is 3. The van der Waals surface area contributed by atoms with Gasteiger partial charge in [-0.05, 0) is 44.7 Å². The van der Waals surface area contributed by atoms with Crippen LogP contribution in [0.2, 0.25) is 0 Å². The molecule has 0 aromatic rings. The molecule has 2 amide bonds. The molecule has 0 radical (unpaired) electrons. The lowest BCUT2D eigenvalue weighted by Gasteiger charge is -2.17. The number of amides is 2. The van der Waals surface area contributed by atoms with E-state index in [4.69, 9.17) is 0 Å². The second-order valence-electron chi connectivity index (χ2n) is 5.87. The van der Waals surface area contributed by atoms with Crippen molar-refractivity contribution in [1.82, 2.24) is 4.90 Å². The van der Waals surface area contributed by atoms with Gasteiger partial charge in [-0.1, -0.05) is 27.2 Å². The first-order valence-corrected chi connectivity index (χ1v) is 8.19.